The van der Waals surface area contributed by atoms with Crippen LogP contribution >= 0.6 is 0 Å². The second kappa shape index (κ2) is 6.57. The molecule has 1 aromatic rings. The number of carbonyl (C=O) groups is 1. The predicted octanol–water partition coefficient (Wildman–Crippen LogP) is 1.80. The van der Waals surface area contributed by atoms with E-state index in [1.807, 2.05) is 26.1 Å². The van der Waals surface area contributed by atoms with Crippen LogP contribution in [0.3, 0.4) is 0 Å². The van der Waals surface area contributed by atoms with Gasteiger partial charge in [-0.1, -0.05) is 12.1 Å². The van der Waals surface area contributed by atoms with E-state index in [0.29, 0.717) is 19.1 Å². The lowest BCUT2D eigenvalue weighted by molar-refractivity contribution is -0.132. The van der Waals surface area contributed by atoms with Gasteiger partial charge in [-0.15, -0.1) is 0 Å². The number of likely N-dealkylation sites (tertiary alicyclic amines) is 1. The molecule has 0 spiro atoms. The SMILES string of the molecule is CCOc1ccc(CNC2CCC(=O)N(C)C2)cc1. The highest BCUT2D eigenvalue weighted by Crippen LogP contribution is 2.13. The zero-order chi connectivity index (χ0) is 13.7. The molecule has 1 fully saturated rings. The van der Waals surface area contributed by atoms with E-state index in [1.54, 1.807) is 4.90 Å². The number of likely N-dealkylation sites (N-methyl/N-ethyl adjacent to an activating group) is 1. The van der Waals surface area contributed by atoms with Gasteiger partial charge in [-0.05, 0) is 31.0 Å². The number of rotatable bonds is 5. The van der Waals surface area contributed by atoms with Crippen LogP contribution in [0.5, 0.6) is 5.75 Å². The fourth-order valence-electron chi connectivity index (χ4n) is 2.31. The van der Waals surface area contributed by atoms with Crippen molar-refractivity contribution in [1.29, 1.82) is 0 Å². The van der Waals surface area contributed by atoms with Crippen molar-refractivity contribution in [3.05, 3.63) is 29.8 Å². The highest BCUT2D eigenvalue weighted by Gasteiger charge is 2.21. The first-order valence-corrected chi connectivity index (χ1v) is 6.88. The van der Waals surface area contributed by atoms with Gasteiger partial charge < -0.3 is 15.0 Å². The van der Waals surface area contributed by atoms with Crippen LogP contribution in [-0.2, 0) is 11.3 Å². The molecule has 1 heterocycles. The molecule has 1 N–H and O–H groups in total. The van der Waals surface area contributed by atoms with Gasteiger partial charge in [0.2, 0.25) is 5.91 Å². The molecule has 0 radical (unpaired) electrons. The highest BCUT2D eigenvalue weighted by molar-refractivity contribution is 5.76. The van der Waals surface area contributed by atoms with E-state index in [-0.39, 0.29) is 5.91 Å². The molecule has 2 rings (SSSR count). The molecule has 104 valence electrons. The van der Waals surface area contributed by atoms with Crippen LogP contribution < -0.4 is 10.1 Å². The maximum atomic E-state index is 11.4. The molecule has 1 unspecified atom stereocenters. The van der Waals surface area contributed by atoms with Crippen molar-refractivity contribution < 1.29 is 9.53 Å². The monoisotopic (exact) mass is 262 g/mol. The van der Waals surface area contributed by atoms with Crippen LogP contribution in [-0.4, -0.2) is 37.0 Å². The third-order valence-corrected chi connectivity index (χ3v) is 3.46. The van der Waals surface area contributed by atoms with Crippen LogP contribution in [0.25, 0.3) is 0 Å². The van der Waals surface area contributed by atoms with Crippen LogP contribution in [0.15, 0.2) is 24.3 Å². The van der Waals surface area contributed by atoms with Crippen molar-refractivity contribution in [2.75, 3.05) is 20.2 Å². The first kappa shape index (κ1) is 13.9. The van der Waals surface area contributed by atoms with E-state index < -0.39 is 0 Å². The minimum absolute atomic E-state index is 0.249. The first-order valence-electron chi connectivity index (χ1n) is 6.88. The van der Waals surface area contributed by atoms with E-state index in [2.05, 4.69) is 17.4 Å². The Bertz CT molecular complexity index is 417. The number of ether oxygens (including phenoxy) is 1. The molecule has 0 bridgehead atoms. The Balaban J connectivity index is 1.80. The van der Waals surface area contributed by atoms with Crippen LogP contribution in [0, 0.1) is 0 Å². The number of piperidine rings is 1. The summed E-state index contributed by atoms with van der Waals surface area (Å²) in [5.74, 6) is 1.16. The quantitative estimate of drug-likeness (QED) is 0.879. The third-order valence-electron chi connectivity index (χ3n) is 3.46. The first-order chi connectivity index (χ1) is 9.19. The van der Waals surface area contributed by atoms with Gasteiger partial charge in [-0.3, -0.25) is 4.79 Å². The van der Waals surface area contributed by atoms with Crippen LogP contribution in [0.4, 0.5) is 0 Å². The largest absolute Gasteiger partial charge is 0.494 e. The van der Waals surface area contributed by atoms with Gasteiger partial charge in [0.05, 0.1) is 6.61 Å². The highest BCUT2D eigenvalue weighted by atomic mass is 16.5. The average molecular weight is 262 g/mol. The number of amides is 1. The molecule has 1 atom stereocenters. The number of carbonyl (C=O) groups excluding carboxylic acids is 1. The topological polar surface area (TPSA) is 41.6 Å². The maximum absolute atomic E-state index is 11.4. The molecule has 1 aromatic carbocycles. The zero-order valence-electron chi connectivity index (χ0n) is 11.7. The van der Waals surface area contributed by atoms with Gasteiger partial charge in [0.15, 0.2) is 0 Å². The minimum Gasteiger partial charge on any atom is -0.494 e. The Morgan fingerprint density at radius 3 is 2.74 bits per heavy atom. The molecule has 4 heteroatoms. The zero-order valence-corrected chi connectivity index (χ0v) is 11.7. The summed E-state index contributed by atoms with van der Waals surface area (Å²) in [6, 6.07) is 8.55. The number of benzene rings is 1. The van der Waals surface area contributed by atoms with Gasteiger partial charge in [-0.25, -0.2) is 0 Å². The normalized spacial score (nSPS) is 19.6. The van der Waals surface area contributed by atoms with E-state index in [0.717, 1.165) is 25.3 Å². The number of hydrogen-bond acceptors (Lipinski definition) is 3. The molecule has 1 amide bonds. The Morgan fingerprint density at radius 2 is 2.11 bits per heavy atom. The lowest BCUT2D eigenvalue weighted by Gasteiger charge is -2.30. The summed E-state index contributed by atoms with van der Waals surface area (Å²) in [7, 11) is 1.87. The Morgan fingerprint density at radius 1 is 1.37 bits per heavy atom. The molecular formula is C15H22N2O2. The lowest BCUT2D eigenvalue weighted by Crippen LogP contribution is -2.46. The van der Waals surface area contributed by atoms with E-state index in [1.165, 1.54) is 5.56 Å². The summed E-state index contributed by atoms with van der Waals surface area (Å²) in [4.78, 5) is 13.2. The molecule has 19 heavy (non-hydrogen) atoms. The van der Waals surface area contributed by atoms with Crippen molar-refractivity contribution in [3.63, 3.8) is 0 Å². The summed E-state index contributed by atoms with van der Waals surface area (Å²) in [6.07, 6.45) is 1.58. The average Bonchev–Trinajstić information content (AvgIpc) is 2.42. The maximum Gasteiger partial charge on any atom is 0.222 e. The van der Waals surface area contributed by atoms with Gasteiger partial charge in [-0.2, -0.15) is 0 Å². The number of nitrogens with zero attached hydrogens (tertiary/aromatic N) is 1. The molecule has 1 aliphatic heterocycles. The van der Waals surface area contributed by atoms with Gasteiger partial charge in [0.25, 0.3) is 0 Å². The molecule has 4 nitrogen and oxygen atoms in total. The van der Waals surface area contributed by atoms with Crippen molar-refractivity contribution in [2.45, 2.75) is 32.4 Å². The summed E-state index contributed by atoms with van der Waals surface area (Å²) in [6.45, 7) is 4.31. The predicted molar refractivity (Wildman–Crippen MR) is 75.1 cm³/mol. The molecule has 0 aromatic heterocycles. The summed E-state index contributed by atoms with van der Waals surface area (Å²) >= 11 is 0. The standard InChI is InChI=1S/C15H22N2O2/c1-3-19-14-7-4-12(5-8-14)10-16-13-6-9-15(18)17(2)11-13/h4-5,7-8,13,16H,3,6,9-11H2,1-2H3. The van der Waals surface area contributed by atoms with Crippen LogP contribution in [0.1, 0.15) is 25.3 Å². The molecule has 0 aliphatic carbocycles. The minimum atomic E-state index is 0.249. The van der Waals surface area contributed by atoms with E-state index in [4.69, 9.17) is 4.74 Å². The van der Waals surface area contributed by atoms with E-state index >= 15 is 0 Å². The fourth-order valence-corrected chi connectivity index (χ4v) is 2.31. The Kier molecular flexibility index (Phi) is 4.80. The van der Waals surface area contributed by atoms with Gasteiger partial charge in [0.1, 0.15) is 5.75 Å². The summed E-state index contributed by atoms with van der Waals surface area (Å²) < 4.78 is 5.42. The molecule has 0 saturated carbocycles. The Labute approximate surface area is 114 Å². The number of nitrogens with one attached hydrogen (secondary N) is 1. The smallest absolute Gasteiger partial charge is 0.222 e. The van der Waals surface area contributed by atoms with Gasteiger partial charge in [0, 0.05) is 32.6 Å². The van der Waals surface area contributed by atoms with Crippen molar-refractivity contribution in [1.82, 2.24) is 10.2 Å². The second-order valence-corrected chi connectivity index (χ2v) is 4.97. The third kappa shape index (κ3) is 3.96. The summed E-state index contributed by atoms with van der Waals surface area (Å²) in [5.41, 5.74) is 1.24. The second-order valence-electron chi connectivity index (χ2n) is 4.97. The fraction of sp³-hybridized carbons (Fsp3) is 0.533. The van der Waals surface area contributed by atoms with Gasteiger partial charge >= 0.3 is 0 Å². The van der Waals surface area contributed by atoms with Crippen molar-refractivity contribution in [2.24, 2.45) is 0 Å². The Hall–Kier alpha value is -1.55. The lowest BCUT2D eigenvalue weighted by atomic mass is 10.1. The molecule has 1 saturated heterocycles. The van der Waals surface area contributed by atoms with E-state index in [9.17, 15) is 4.79 Å². The van der Waals surface area contributed by atoms with Crippen LogP contribution in [0.2, 0.25) is 0 Å². The molecule has 1 aliphatic rings. The van der Waals surface area contributed by atoms with Crippen molar-refractivity contribution >= 4 is 5.91 Å². The van der Waals surface area contributed by atoms with Crippen molar-refractivity contribution in [3.8, 4) is 5.75 Å². The molecular weight excluding hydrogens is 240 g/mol. The number of hydrogen-bond donors (Lipinski definition) is 1. The summed E-state index contributed by atoms with van der Waals surface area (Å²) in [5, 5.41) is 3.51.